The maximum absolute atomic E-state index is 11.2. The lowest BCUT2D eigenvalue weighted by Crippen LogP contribution is -2.08. The Kier molecular flexibility index (Phi) is 1.84. The predicted molar refractivity (Wildman–Crippen MR) is 42.3 cm³/mol. The number of H-pyrrole nitrogens is 1. The maximum atomic E-state index is 11.2. The molecule has 0 aromatic carbocycles. The van der Waals surface area contributed by atoms with Crippen molar-refractivity contribution < 1.29 is 13.9 Å². The zero-order valence-electron chi connectivity index (χ0n) is 6.56. The van der Waals surface area contributed by atoms with Crippen molar-refractivity contribution in [3.8, 4) is 5.95 Å². The number of aromatic amines is 1. The molecular formula is C8H6N2O3. The van der Waals surface area contributed by atoms with E-state index in [2.05, 4.69) is 10.2 Å². The second-order valence-electron chi connectivity index (χ2n) is 2.29. The third-order valence-corrected chi connectivity index (χ3v) is 1.41. The smallest absolute Gasteiger partial charge is 0.364 e. The molecular weight excluding hydrogens is 172 g/mol. The molecule has 2 rings (SSSR count). The van der Waals surface area contributed by atoms with E-state index < -0.39 is 5.97 Å². The number of hydrogen-bond acceptors (Lipinski definition) is 4. The molecule has 0 spiro atoms. The van der Waals surface area contributed by atoms with Crippen molar-refractivity contribution in [1.82, 2.24) is 10.2 Å². The Labute approximate surface area is 73.3 Å². The average molecular weight is 178 g/mol. The van der Waals surface area contributed by atoms with Gasteiger partial charge in [0.25, 0.3) is 5.95 Å². The average Bonchev–Trinajstić information content (AvgIpc) is 2.74. The molecule has 0 radical (unpaired) electrons. The predicted octanol–water partition coefficient (Wildman–Crippen LogP) is 1.22. The lowest BCUT2D eigenvalue weighted by atomic mass is 10.4. The van der Waals surface area contributed by atoms with Crippen LogP contribution in [0.3, 0.4) is 0 Å². The van der Waals surface area contributed by atoms with Crippen LogP contribution in [0.5, 0.6) is 5.95 Å². The van der Waals surface area contributed by atoms with Crippen molar-refractivity contribution in [3.05, 3.63) is 36.4 Å². The first-order valence-electron chi connectivity index (χ1n) is 3.61. The molecule has 2 heterocycles. The zero-order valence-corrected chi connectivity index (χ0v) is 6.56. The summed E-state index contributed by atoms with van der Waals surface area (Å²) in [7, 11) is 0. The van der Waals surface area contributed by atoms with E-state index in [-0.39, 0.29) is 11.6 Å². The molecule has 5 nitrogen and oxygen atoms in total. The second-order valence-corrected chi connectivity index (χ2v) is 2.29. The van der Waals surface area contributed by atoms with Crippen LogP contribution in [0.4, 0.5) is 0 Å². The quantitative estimate of drug-likeness (QED) is 0.702. The van der Waals surface area contributed by atoms with Gasteiger partial charge in [-0.1, -0.05) is 0 Å². The number of carbonyl (C=O) groups is 1. The summed E-state index contributed by atoms with van der Waals surface area (Å²) >= 11 is 0. The number of hydrogen-bond donors (Lipinski definition) is 1. The van der Waals surface area contributed by atoms with Crippen LogP contribution in [0.2, 0.25) is 0 Å². The number of carbonyl (C=O) groups excluding carboxylic acids is 1. The highest BCUT2D eigenvalue weighted by Gasteiger charge is 2.10. The monoisotopic (exact) mass is 178 g/mol. The van der Waals surface area contributed by atoms with E-state index in [1.807, 2.05) is 0 Å². The van der Waals surface area contributed by atoms with Crippen molar-refractivity contribution in [2.75, 3.05) is 0 Å². The number of furan rings is 1. The SMILES string of the molecule is O=C(Oc1ccco1)c1ccn[nH]1. The molecule has 5 heteroatoms. The number of aromatic nitrogens is 2. The zero-order chi connectivity index (χ0) is 9.10. The van der Waals surface area contributed by atoms with Gasteiger partial charge in [0.2, 0.25) is 0 Å². The molecule has 0 aliphatic carbocycles. The van der Waals surface area contributed by atoms with E-state index in [9.17, 15) is 4.79 Å². The van der Waals surface area contributed by atoms with Crippen LogP contribution in [0, 0.1) is 0 Å². The van der Waals surface area contributed by atoms with Gasteiger partial charge in [0, 0.05) is 12.3 Å². The molecule has 0 saturated carbocycles. The van der Waals surface area contributed by atoms with E-state index in [4.69, 9.17) is 9.15 Å². The molecule has 0 unspecified atom stereocenters. The van der Waals surface area contributed by atoms with E-state index in [1.165, 1.54) is 18.5 Å². The Morgan fingerprint density at radius 2 is 2.46 bits per heavy atom. The van der Waals surface area contributed by atoms with Crippen LogP contribution in [0.15, 0.2) is 35.1 Å². The summed E-state index contributed by atoms with van der Waals surface area (Å²) in [5, 5.41) is 6.10. The van der Waals surface area contributed by atoms with Gasteiger partial charge in [0.05, 0.1) is 6.26 Å². The van der Waals surface area contributed by atoms with Crippen molar-refractivity contribution in [2.24, 2.45) is 0 Å². The highest BCUT2D eigenvalue weighted by Crippen LogP contribution is 2.11. The van der Waals surface area contributed by atoms with Crippen molar-refractivity contribution in [3.63, 3.8) is 0 Å². The normalized spacial score (nSPS) is 9.85. The minimum atomic E-state index is -0.521. The van der Waals surface area contributed by atoms with Crippen molar-refractivity contribution in [1.29, 1.82) is 0 Å². The Morgan fingerprint density at radius 1 is 1.54 bits per heavy atom. The van der Waals surface area contributed by atoms with Gasteiger partial charge in [-0.25, -0.2) is 4.79 Å². The van der Waals surface area contributed by atoms with Crippen LogP contribution in [-0.4, -0.2) is 16.2 Å². The molecule has 0 amide bonds. The fourth-order valence-corrected chi connectivity index (χ4v) is 0.837. The van der Waals surface area contributed by atoms with Gasteiger partial charge in [0.15, 0.2) is 0 Å². The molecule has 13 heavy (non-hydrogen) atoms. The lowest BCUT2D eigenvalue weighted by Gasteiger charge is -1.95. The Bertz CT molecular complexity index is 377. The van der Waals surface area contributed by atoms with E-state index in [0.717, 1.165) is 0 Å². The number of ether oxygens (including phenoxy) is 1. The summed E-state index contributed by atoms with van der Waals surface area (Å²) in [4.78, 5) is 11.2. The molecule has 2 aromatic heterocycles. The third-order valence-electron chi connectivity index (χ3n) is 1.41. The molecule has 1 N–H and O–H groups in total. The topological polar surface area (TPSA) is 68.1 Å². The van der Waals surface area contributed by atoms with Gasteiger partial charge in [-0.05, 0) is 12.1 Å². The fourth-order valence-electron chi connectivity index (χ4n) is 0.837. The fraction of sp³-hybridized carbons (Fsp3) is 0. The molecule has 0 aliphatic heterocycles. The van der Waals surface area contributed by atoms with Crippen molar-refractivity contribution in [2.45, 2.75) is 0 Å². The first-order chi connectivity index (χ1) is 6.36. The minimum Gasteiger partial charge on any atom is -0.434 e. The van der Waals surface area contributed by atoms with E-state index in [1.54, 1.807) is 12.1 Å². The van der Waals surface area contributed by atoms with Crippen LogP contribution < -0.4 is 4.74 Å². The standard InChI is InChI=1S/C8H6N2O3/c11-8(6-3-4-9-10-6)13-7-2-1-5-12-7/h1-5H,(H,9,10). The number of nitrogens with one attached hydrogen (secondary N) is 1. The molecule has 2 aromatic rings. The molecule has 0 saturated heterocycles. The van der Waals surface area contributed by atoms with E-state index in [0.29, 0.717) is 0 Å². The molecule has 0 aliphatic rings. The summed E-state index contributed by atoms with van der Waals surface area (Å²) < 4.78 is 9.65. The van der Waals surface area contributed by atoms with Gasteiger partial charge in [-0.2, -0.15) is 5.10 Å². The molecule has 0 atom stereocenters. The van der Waals surface area contributed by atoms with Crippen LogP contribution >= 0.6 is 0 Å². The van der Waals surface area contributed by atoms with Crippen LogP contribution in [-0.2, 0) is 0 Å². The van der Waals surface area contributed by atoms with Gasteiger partial charge < -0.3 is 9.15 Å². The Balaban J connectivity index is 2.08. The summed E-state index contributed by atoms with van der Waals surface area (Å²) in [5.41, 5.74) is 0.288. The number of esters is 1. The van der Waals surface area contributed by atoms with Gasteiger partial charge in [-0.15, -0.1) is 0 Å². The molecule has 0 fully saturated rings. The largest absolute Gasteiger partial charge is 0.434 e. The highest BCUT2D eigenvalue weighted by molar-refractivity contribution is 5.88. The Hall–Kier alpha value is -2.04. The van der Waals surface area contributed by atoms with Crippen molar-refractivity contribution >= 4 is 5.97 Å². The summed E-state index contributed by atoms with van der Waals surface area (Å²) in [6, 6.07) is 4.70. The lowest BCUT2D eigenvalue weighted by molar-refractivity contribution is 0.0688. The number of nitrogens with zero attached hydrogens (tertiary/aromatic N) is 1. The molecule has 0 bridgehead atoms. The molecule has 66 valence electrons. The number of rotatable bonds is 2. The maximum Gasteiger partial charge on any atom is 0.364 e. The second kappa shape index (κ2) is 3.14. The highest BCUT2D eigenvalue weighted by atomic mass is 16.6. The van der Waals surface area contributed by atoms with Gasteiger partial charge in [0.1, 0.15) is 5.69 Å². The van der Waals surface area contributed by atoms with Crippen LogP contribution in [0.1, 0.15) is 10.5 Å². The first-order valence-corrected chi connectivity index (χ1v) is 3.61. The summed E-state index contributed by atoms with van der Waals surface area (Å²) in [5.74, 6) is -0.355. The van der Waals surface area contributed by atoms with Gasteiger partial charge >= 0.3 is 5.97 Å². The van der Waals surface area contributed by atoms with E-state index >= 15 is 0 Å². The summed E-state index contributed by atoms with van der Waals surface area (Å²) in [6.07, 6.45) is 2.90. The van der Waals surface area contributed by atoms with Crippen LogP contribution in [0.25, 0.3) is 0 Å². The Morgan fingerprint density at radius 3 is 3.08 bits per heavy atom. The minimum absolute atomic E-state index is 0.166. The first kappa shape index (κ1) is 7.60. The third kappa shape index (κ3) is 1.58. The summed E-state index contributed by atoms with van der Waals surface area (Å²) in [6.45, 7) is 0. The van der Waals surface area contributed by atoms with Gasteiger partial charge in [-0.3, -0.25) is 5.10 Å².